The first kappa shape index (κ1) is 18.1. The summed E-state index contributed by atoms with van der Waals surface area (Å²) in [6.07, 6.45) is 2.87. The zero-order valence-electron chi connectivity index (χ0n) is 14.1. The average molecular weight is 375 g/mol. The van der Waals surface area contributed by atoms with Gasteiger partial charge >= 0.3 is 0 Å². The molecular formula is C17H19ClN6O2. The summed E-state index contributed by atoms with van der Waals surface area (Å²) in [6, 6.07) is 6.49. The molecule has 8 nitrogen and oxygen atoms in total. The van der Waals surface area contributed by atoms with E-state index in [2.05, 4.69) is 20.4 Å². The number of phenols is 1. The average Bonchev–Trinajstić information content (AvgIpc) is 3.04. The van der Waals surface area contributed by atoms with Crippen LogP contribution in [0, 0.1) is 0 Å². The number of anilines is 1. The van der Waals surface area contributed by atoms with Crippen LogP contribution in [0.15, 0.2) is 36.7 Å². The summed E-state index contributed by atoms with van der Waals surface area (Å²) in [4.78, 5) is 8.62. The molecule has 136 valence electrons. The van der Waals surface area contributed by atoms with Crippen LogP contribution in [0.4, 0.5) is 5.95 Å². The van der Waals surface area contributed by atoms with Gasteiger partial charge in [-0.3, -0.25) is 4.68 Å². The van der Waals surface area contributed by atoms with Gasteiger partial charge in [0.1, 0.15) is 11.4 Å². The lowest BCUT2D eigenvalue weighted by Crippen LogP contribution is -2.16. The van der Waals surface area contributed by atoms with Gasteiger partial charge in [-0.15, -0.1) is 0 Å². The maximum absolute atomic E-state index is 9.84. The second kappa shape index (κ2) is 7.69. The molecule has 1 aromatic carbocycles. The van der Waals surface area contributed by atoms with Crippen LogP contribution in [0.2, 0.25) is 5.02 Å². The number of aliphatic hydroxyl groups is 1. The van der Waals surface area contributed by atoms with Gasteiger partial charge in [-0.1, -0.05) is 11.6 Å². The number of nitrogens with zero attached hydrogens (tertiary/aromatic N) is 4. The van der Waals surface area contributed by atoms with Crippen LogP contribution < -0.4 is 11.1 Å². The molecule has 0 radical (unpaired) electrons. The number of hydrogen-bond donors (Lipinski definition) is 4. The maximum Gasteiger partial charge on any atom is 0.223 e. The summed E-state index contributed by atoms with van der Waals surface area (Å²) < 4.78 is 1.58. The quantitative estimate of drug-likeness (QED) is 0.521. The van der Waals surface area contributed by atoms with E-state index in [-0.39, 0.29) is 12.4 Å². The fourth-order valence-electron chi connectivity index (χ4n) is 2.46. The van der Waals surface area contributed by atoms with Crippen LogP contribution in [-0.2, 0) is 6.67 Å². The van der Waals surface area contributed by atoms with Crippen LogP contribution in [0.25, 0.3) is 22.5 Å². The van der Waals surface area contributed by atoms with E-state index in [0.29, 0.717) is 34.5 Å². The number of nitrogens with two attached hydrogens (primary N) is 1. The molecule has 1 atom stereocenters. The molecular weight excluding hydrogens is 356 g/mol. The largest absolute Gasteiger partial charge is 0.508 e. The van der Waals surface area contributed by atoms with E-state index in [0.717, 1.165) is 5.56 Å². The molecule has 0 unspecified atom stereocenters. The van der Waals surface area contributed by atoms with Crippen molar-refractivity contribution in [2.75, 3.05) is 11.9 Å². The smallest absolute Gasteiger partial charge is 0.223 e. The molecule has 0 aliphatic heterocycles. The van der Waals surface area contributed by atoms with E-state index in [9.17, 15) is 10.2 Å². The van der Waals surface area contributed by atoms with Gasteiger partial charge < -0.3 is 21.3 Å². The standard InChI is InChI=1S/C17H19ClN6O2/c1-10(25)7-21-17-20-3-2-15(22-17)14-8-24(9-19)23-16(14)11-4-12(18)6-13(26)5-11/h2-6,8,10,25-26H,7,9,19H2,1H3,(H,20,21,22)/t10-/m0/s1. The predicted molar refractivity (Wildman–Crippen MR) is 99.7 cm³/mol. The first-order valence-electron chi connectivity index (χ1n) is 7.99. The fourth-order valence-corrected chi connectivity index (χ4v) is 2.69. The first-order chi connectivity index (χ1) is 12.5. The minimum absolute atomic E-state index is 0.0442. The second-order valence-corrected chi connectivity index (χ2v) is 6.24. The summed E-state index contributed by atoms with van der Waals surface area (Å²) in [5.74, 6) is 0.437. The van der Waals surface area contributed by atoms with Crippen molar-refractivity contribution in [3.05, 3.63) is 41.7 Å². The Morgan fingerprint density at radius 2 is 2.15 bits per heavy atom. The van der Waals surface area contributed by atoms with Gasteiger partial charge in [-0.05, 0) is 31.2 Å². The lowest BCUT2D eigenvalue weighted by molar-refractivity contribution is 0.208. The van der Waals surface area contributed by atoms with Crippen molar-refractivity contribution >= 4 is 17.5 Å². The van der Waals surface area contributed by atoms with Gasteiger partial charge in [0.2, 0.25) is 5.95 Å². The second-order valence-electron chi connectivity index (χ2n) is 5.81. The Hall–Kier alpha value is -2.68. The van der Waals surface area contributed by atoms with Gasteiger partial charge in [0.05, 0.1) is 18.5 Å². The molecule has 2 aromatic heterocycles. The number of nitrogens with one attached hydrogen (secondary N) is 1. The highest BCUT2D eigenvalue weighted by Crippen LogP contribution is 2.33. The lowest BCUT2D eigenvalue weighted by atomic mass is 10.1. The molecule has 0 aliphatic rings. The highest BCUT2D eigenvalue weighted by atomic mass is 35.5. The molecule has 26 heavy (non-hydrogen) atoms. The summed E-state index contributed by atoms with van der Waals surface area (Å²) in [7, 11) is 0. The zero-order valence-corrected chi connectivity index (χ0v) is 14.9. The van der Waals surface area contributed by atoms with E-state index in [1.807, 2.05) is 0 Å². The van der Waals surface area contributed by atoms with E-state index in [1.165, 1.54) is 6.07 Å². The minimum Gasteiger partial charge on any atom is -0.508 e. The van der Waals surface area contributed by atoms with E-state index in [4.69, 9.17) is 17.3 Å². The van der Waals surface area contributed by atoms with Crippen molar-refractivity contribution < 1.29 is 10.2 Å². The van der Waals surface area contributed by atoms with Crippen molar-refractivity contribution in [3.63, 3.8) is 0 Å². The molecule has 3 rings (SSSR count). The van der Waals surface area contributed by atoms with Crippen molar-refractivity contribution in [2.24, 2.45) is 5.73 Å². The summed E-state index contributed by atoms with van der Waals surface area (Å²) in [5.41, 5.74) is 8.30. The SMILES string of the molecule is C[C@H](O)CNc1nccc(-c2cn(CN)nc2-c2cc(O)cc(Cl)c2)n1. The molecule has 9 heteroatoms. The monoisotopic (exact) mass is 374 g/mol. The highest BCUT2D eigenvalue weighted by molar-refractivity contribution is 6.31. The Morgan fingerprint density at radius 3 is 2.85 bits per heavy atom. The Morgan fingerprint density at radius 1 is 1.35 bits per heavy atom. The predicted octanol–water partition coefficient (Wildman–Crippen LogP) is 2.07. The number of phenolic OH excluding ortho intramolecular Hbond substituents is 1. The molecule has 3 aromatic rings. The number of rotatable bonds is 6. The van der Waals surface area contributed by atoms with Gasteiger partial charge in [0.15, 0.2) is 0 Å². The van der Waals surface area contributed by atoms with Gasteiger partial charge in [-0.2, -0.15) is 5.10 Å². The Labute approximate surface area is 155 Å². The Kier molecular flexibility index (Phi) is 5.36. The molecule has 2 heterocycles. The van der Waals surface area contributed by atoms with Crippen molar-refractivity contribution in [1.29, 1.82) is 0 Å². The fraction of sp³-hybridized carbons (Fsp3) is 0.235. The molecule has 0 saturated carbocycles. The molecule has 0 aliphatic carbocycles. The maximum atomic E-state index is 9.84. The molecule has 0 spiro atoms. The molecule has 5 N–H and O–H groups in total. The molecule has 0 bridgehead atoms. The zero-order chi connectivity index (χ0) is 18.7. The third-order valence-electron chi connectivity index (χ3n) is 3.59. The van der Waals surface area contributed by atoms with E-state index < -0.39 is 6.10 Å². The number of halogens is 1. The normalized spacial score (nSPS) is 12.2. The van der Waals surface area contributed by atoms with E-state index >= 15 is 0 Å². The van der Waals surface area contributed by atoms with Gasteiger partial charge in [0.25, 0.3) is 0 Å². The van der Waals surface area contributed by atoms with Crippen molar-refractivity contribution in [1.82, 2.24) is 19.7 Å². The lowest BCUT2D eigenvalue weighted by Gasteiger charge is -2.08. The summed E-state index contributed by atoms with van der Waals surface area (Å²) >= 11 is 6.06. The van der Waals surface area contributed by atoms with Crippen molar-refractivity contribution in [2.45, 2.75) is 19.7 Å². The first-order valence-corrected chi connectivity index (χ1v) is 8.37. The van der Waals surface area contributed by atoms with Crippen molar-refractivity contribution in [3.8, 4) is 28.3 Å². The number of hydrogen-bond acceptors (Lipinski definition) is 7. The topological polar surface area (TPSA) is 122 Å². The number of aromatic nitrogens is 4. The summed E-state index contributed by atoms with van der Waals surface area (Å²) in [6.45, 7) is 2.20. The van der Waals surface area contributed by atoms with Gasteiger partial charge in [0, 0.05) is 35.1 Å². The third kappa shape index (κ3) is 4.10. The highest BCUT2D eigenvalue weighted by Gasteiger charge is 2.16. The number of aromatic hydroxyl groups is 1. The van der Waals surface area contributed by atoms with Crippen LogP contribution in [-0.4, -0.2) is 42.6 Å². The van der Waals surface area contributed by atoms with E-state index in [1.54, 1.807) is 42.2 Å². The van der Waals surface area contributed by atoms with Crippen LogP contribution in [0.1, 0.15) is 6.92 Å². The van der Waals surface area contributed by atoms with Crippen LogP contribution >= 0.6 is 11.6 Å². The van der Waals surface area contributed by atoms with Gasteiger partial charge in [-0.25, -0.2) is 9.97 Å². The Balaban J connectivity index is 2.05. The summed E-state index contributed by atoms with van der Waals surface area (Å²) in [5, 5.41) is 27.1. The Bertz CT molecular complexity index is 892. The van der Waals surface area contributed by atoms with Crippen LogP contribution in [0.3, 0.4) is 0 Å². The minimum atomic E-state index is -0.521. The number of benzene rings is 1. The molecule has 0 amide bonds. The van der Waals surface area contributed by atoms with Crippen LogP contribution in [0.5, 0.6) is 5.75 Å². The molecule has 0 saturated heterocycles. The third-order valence-corrected chi connectivity index (χ3v) is 3.81. The molecule has 0 fully saturated rings. The number of aliphatic hydroxyl groups excluding tert-OH is 1.